The Balaban J connectivity index is 0.00000208. The SMILES string of the molecule is COc1ccnc(CS(=O)c2nc3ccc(Cl)cc3[nH]2)c1OC.[Na]. The first-order valence-corrected chi connectivity index (χ1v) is 8.41. The minimum absolute atomic E-state index is 0. The van der Waals surface area contributed by atoms with Gasteiger partial charge in [-0.2, -0.15) is 0 Å². The van der Waals surface area contributed by atoms with Gasteiger partial charge in [-0.15, -0.1) is 0 Å². The van der Waals surface area contributed by atoms with E-state index in [1.54, 1.807) is 37.6 Å². The molecule has 0 aliphatic heterocycles. The van der Waals surface area contributed by atoms with Crippen LogP contribution in [-0.4, -0.2) is 62.9 Å². The quantitative estimate of drug-likeness (QED) is 0.694. The minimum atomic E-state index is -1.40. The van der Waals surface area contributed by atoms with Gasteiger partial charge in [-0.1, -0.05) is 11.6 Å². The number of halogens is 1. The maximum Gasteiger partial charge on any atom is 0.197 e. The third-order valence-corrected chi connectivity index (χ3v) is 4.67. The summed E-state index contributed by atoms with van der Waals surface area (Å²) in [6, 6.07) is 6.95. The van der Waals surface area contributed by atoms with Crippen molar-refractivity contribution in [3.63, 3.8) is 0 Å². The number of ether oxygens (including phenoxy) is 2. The molecule has 0 amide bonds. The van der Waals surface area contributed by atoms with E-state index < -0.39 is 10.8 Å². The summed E-state index contributed by atoms with van der Waals surface area (Å²) >= 11 is 5.95. The van der Waals surface area contributed by atoms with Gasteiger partial charge >= 0.3 is 0 Å². The molecule has 0 bridgehead atoms. The van der Waals surface area contributed by atoms with Crippen LogP contribution in [0.3, 0.4) is 0 Å². The monoisotopic (exact) mass is 374 g/mol. The van der Waals surface area contributed by atoms with E-state index in [1.807, 2.05) is 0 Å². The molecule has 0 aliphatic carbocycles. The van der Waals surface area contributed by atoms with Crippen LogP contribution in [0.2, 0.25) is 5.02 Å². The average molecular weight is 375 g/mol. The van der Waals surface area contributed by atoms with Crippen LogP contribution in [-0.2, 0) is 16.6 Å². The predicted molar refractivity (Wildman–Crippen MR) is 94.3 cm³/mol. The van der Waals surface area contributed by atoms with Crippen LogP contribution in [0, 0.1) is 0 Å². The Morgan fingerprint density at radius 2 is 2.04 bits per heavy atom. The molecule has 0 saturated heterocycles. The van der Waals surface area contributed by atoms with Crippen molar-refractivity contribution in [2.75, 3.05) is 14.2 Å². The molecule has 24 heavy (non-hydrogen) atoms. The van der Waals surface area contributed by atoms with Gasteiger partial charge in [-0.05, 0) is 18.2 Å². The molecule has 3 rings (SSSR count). The molecule has 1 radical (unpaired) electrons. The third-order valence-electron chi connectivity index (χ3n) is 3.27. The number of hydrogen-bond donors (Lipinski definition) is 1. The molecule has 0 fully saturated rings. The molecule has 2 heterocycles. The van der Waals surface area contributed by atoms with Crippen molar-refractivity contribution in [1.29, 1.82) is 0 Å². The molecule has 2 aromatic heterocycles. The van der Waals surface area contributed by atoms with Gasteiger partial charge in [0.05, 0.1) is 47.5 Å². The van der Waals surface area contributed by atoms with Crippen LogP contribution in [0.1, 0.15) is 5.69 Å². The fourth-order valence-corrected chi connectivity index (χ4v) is 3.40. The molecule has 9 heteroatoms. The van der Waals surface area contributed by atoms with Crippen LogP contribution in [0.4, 0.5) is 0 Å². The summed E-state index contributed by atoms with van der Waals surface area (Å²) in [6.45, 7) is 0. The molecule has 6 nitrogen and oxygen atoms in total. The molecule has 0 spiro atoms. The van der Waals surface area contributed by atoms with Gasteiger partial charge < -0.3 is 14.5 Å². The molecule has 0 saturated carbocycles. The van der Waals surface area contributed by atoms with Crippen LogP contribution < -0.4 is 9.47 Å². The maximum atomic E-state index is 12.6. The summed E-state index contributed by atoms with van der Waals surface area (Å²) in [7, 11) is 1.66. The van der Waals surface area contributed by atoms with E-state index in [-0.39, 0.29) is 35.3 Å². The molecule has 1 atom stereocenters. The molecule has 3 aromatic rings. The van der Waals surface area contributed by atoms with Gasteiger partial charge in [0.15, 0.2) is 16.7 Å². The van der Waals surface area contributed by atoms with E-state index in [0.717, 1.165) is 5.52 Å². The van der Waals surface area contributed by atoms with Crippen LogP contribution >= 0.6 is 11.6 Å². The molecular weight excluding hydrogens is 361 g/mol. The molecule has 0 aliphatic rings. The Bertz CT molecular complexity index is 888. The molecule has 121 valence electrons. The van der Waals surface area contributed by atoms with Gasteiger partial charge in [0.2, 0.25) is 0 Å². The van der Waals surface area contributed by atoms with Crippen molar-refractivity contribution in [3.05, 3.63) is 41.2 Å². The first-order valence-electron chi connectivity index (χ1n) is 6.72. The number of hydrogen-bond acceptors (Lipinski definition) is 5. The predicted octanol–water partition coefficient (Wildman–Crippen LogP) is 2.56. The Kier molecular flexibility index (Phi) is 6.65. The fraction of sp³-hybridized carbons (Fsp3) is 0.200. The van der Waals surface area contributed by atoms with Crippen LogP contribution in [0.5, 0.6) is 11.5 Å². The molecule has 1 aromatic carbocycles. The average Bonchev–Trinajstić information content (AvgIpc) is 2.97. The van der Waals surface area contributed by atoms with E-state index in [0.29, 0.717) is 32.9 Å². The summed E-state index contributed by atoms with van der Waals surface area (Å²) in [4.78, 5) is 11.6. The number of aromatic amines is 1. The summed E-state index contributed by atoms with van der Waals surface area (Å²) in [5.41, 5.74) is 2.00. The number of aromatic nitrogens is 3. The Hall–Kier alpha value is -1.12. The standard InChI is InChI=1S/C15H14ClN3O3S.Na/c1-21-13-5-6-17-12(14(13)22-2)8-23(20)15-18-10-4-3-9(16)7-11(10)19-15;/h3-7H,8H2,1-2H3,(H,18,19);. The number of fused-ring (bicyclic) bond motifs is 1. The van der Waals surface area contributed by atoms with E-state index in [2.05, 4.69) is 15.0 Å². The van der Waals surface area contributed by atoms with E-state index in [4.69, 9.17) is 21.1 Å². The zero-order chi connectivity index (χ0) is 16.4. The second-order valence-corrected chi connectivity index (χ2v) is 6.49. The van der Waals surface area contributed by atoms with E-state index in [9.17, 15) is 4.21 Å². The smallest absolute Gasteiger partial charge is 0.197 e. The number of benzene rings is 1. The number of nitrogens with one attached hydrogen (secondary N) is 1. The van der Waals surface area contributed by atoms with Gasteiger partial charge in [0.1, 0.15) is 0 Å². The van der Waals surface area contributed by atoms with Crippen molar-refractivity contribution in [3.8, 4) is 11.5 Å². The van der Waals surface area contributed by atoms with Crippen molar-refractivity contribution in [1.82, 2.24) is 15.0 Å². The zero-order valence-electron chi connectivity index (χ0n) is 13.5. The minimum Gasteiger partial charge on any atom is -0.493 e. The van der Waals surface area contributed by atoms with E-state index >= 15 is 0 Å². The van der Waals surface area contributed by atoms with E-state index in [1.165, 1.54) is 7.11 Å². The number of nitrogens with zero attached hydrogens (tertiary/aromatic N) is 2. The molecular formula is C15H14ClN3NaO3S. The topological polar surface area (TPSA) is 77.1 Å². The summed E-state index contributed by atoms with van der Waals surface area (Å²) < 4.78 is 23.1. The number of pyridine rings is 1. The number of imidazole rings is 1. The van der Waals surface area contributed by atoms with Gasteiger partial charge in [-0.3, -0.25) is 9.19 Å². The third kappa shape index (κ3) is 3.92. The normalized spacial score (nSPS) is 11.8. The second-order valence-electron chi connectivity index (χ2n) is 4.69. The largest absolute Gasteiger partial charge is 0.493 e. The van der Waals surface area contributed by atoms with Crippen LogP contribution in [0.15, 0.2) is 35.6 Å². The molecule has 1 unspecified atom stereocenters. The molecule has 1 N–H and O–H groups in total. The first kappa shape index (κ1) is 19.2. The van der Waals surface area contributed by atoms with Crippen molar-refractivity contribution in [2.24, 2.45) is 0 Å². The van der Waals surface area contributed by atoms with Crippen molar-refractivity contribution < 1.29 is 13.7 Å². The van der Waals surface area contributed by atoms with Crippen LogP contribution in [0.25, 0.3) is 11.0 Å². The second kappa shape index (κ2) is 8.31. The van der Waals surface area contributed by atoms with Crippen molar-refractivity contribution in [2.45, 2.75) is 10.9 Å². The van der Waals surface area contributed by atoms with Gasteiger partial charge in [-0.25, -0.2) is 4.98 Å². The zero-order valence-corrected chi connectivity index (χ0v) is 17.1. The summed E-state index contributed by atoms with van der Waals surface area (Å²) in [6.07, 6.45) is 1.59. The van der Waals surface area contributed by atoms with Gasteiger partial charge in [0, 0.05) is 46.8 Å². The van der Waals surface area contributed by atoms with Gasteiger partial charge in [0.25, 0.3) is 0 Å². The Morgan fingerprint density at radius 1 is 1.25 bits per heavy atom. The number of methoxy groups -OCH3 is 2. The Labute approximate surface area is 168 Å². The number of rotatable bonds is 5. The first-order chi connectivity index (χ1) is 11.1. The Morgan fingerprint density at radius 3 is 2.75 bits per heavy atom. The summed E-state index contributed by atoms with van der Waals surface area (Å²) in [5, 5.41) is 0.962. The maximum absolute atomic E-state index is 12.6. The number of H-pyrrole nitrogens is 1. The fourth-order valence-electron chi connectivity index (χ4n) is 2.21. The van der Waals surface area contributed by atoms with Crippen molar-refractivity contribution >= 4 is 63.0 Å². The summed E-state index contributed by atoms with van der Waals surface area (Å²) in [5.74, 6) is 1.18.